The van der Waals surface area contributed by atoms with E-state index in [0.717, 1.165) is 82.5 Å². The third-order valence-electron chi connectivity index (χ3n) is 7.23. The largest absolute Gasteiger partial charge is 0.342 e. The zero-order valence-corrected chi connectivity index (χ0v) is 18.8. The Hall–Kier alpha value is -2.67. The van der Waals surface area contributed by atoms with Crippen LogP contribution >= 0.6 is 0 Å². The van der Waals surface area contributed by atoms with Gasteiger partial charge in [0, 0.05) is 45.7 Å². The first-order valence-corrected chi connectivity index (χ1v) is 12.1. The number of aromatic amines is 1. The van der Waals surface area contributed by atoms with E-state index in [1.165, 1.54) is 5.56 Å². The molecule has 2 saturated heterocycles. The minimum absolute atomic E-state index is 0.0456. The summed E-state index contributed by atoms with van der Waals surface area (Å²) in [7, 11) is 0. The molecule has 2 aromatic rings. The maximum Gasteiger partial charge on any atom is 0.257 e. The summed E-state index contributed by atoms with van der Waals surface area (Å²) >= 11 is 0. The van der Waals surface area contributed by atoms with E-state index in [-0.39, 0.29) is 11.5 Å². The molecule has 1 aromatic carbocycles. The molecule has 0 aliphatic carbocycles. The van der Waals surface area contributed by atoms with Gasteiger partial charge in [-0.3, -0.25) is 19.5 Å². The number of aromatic nitrogens is 2. The Balaban J connectivity index is 1.14. The summed E-state index contributed by atoms with van der Waals surface area (Å²) in [6, 6.07) is 10.6. The number of carbonyl (C=O) groups is 1. The van der Waals surface area contributed by atoms with Gasteiger partial charge in [0.1, 0.15) is 0 Å². The molecule has 7 heteroatoms. The van der Waals surface area contributed by atoms with Gasteiger partial charge in [0.15, 0.2) is 0 Å². The lowest BCUT2D eigenvalue weighted by atomic mass is 9.90. The normalized spacial score (nSPS) is 19.9. The predicted octanol–water partition coefficient (Wildman–Crippen LogP) is 2.21. The lowest BCUT2D eigenvalue weighted by molar-refractivity contribution is -0.134. The van der Waals surface area contributed by atoms with Crippen LogP contribution < -0.4 is 10.5 Å². The van der Waals surface area contributed by atoms with E-state index in [9.17, 15) is 9.59 Å². The number of benzene rings is 1. The molecule has 1 N–H and O–H groups in total. The highest BCUT2D eigenvalue weighted by Gasteiger charge is 2.28. The number of carbonyl (C=O) groups excluding carboxylic acids is 1. The van der Waals surface area contributed by atoms with Gasteiger partial charge in [-0.2, -0.15) is 0 Å². The molecule has 3 aliphatic heterocycles. The van der Waals surface area contributed by atoms with Crippen molar-refractivity contribution in [2.75, 3.05) is 44.2 Å². The standard InChI is InChI=1S/C25H33N5O2/c31-23(29-14-8-20(9-15-29)16-19-6-2-1-3-7-19)18-28-13-10-22-21(17-28)24(32)27-25(26-22)30-11-4-5-12-30/h1-3,6-7,20H,4-5,8-18H2,(H,26,27,32). The summed E-state index contributed by atoms with van der Waals surface area (Å²) in [5, 5.41) is 0. The van der Waals surface area contributed by atoms with E-state index in [2.05, 4.69) is 45.1 Å². The van der Waals surface area contributed by atoms with Gasteiger partial charge in [-0.1, -0.05) is 30.3 Å². The Kier molecular flexibility index (Phi) is 6.26. The summed E-state index contributed by atoms with van der Waals surface area (Å²) < 4.78 is 0. The van der Waals surface area contributed by atoms with Crippen LogP contribution in [0, 0.1) is 5.92 Å². The van der Waals surface area contributed by atoms with Gasteiger partial charge in [-0.25, -0.2) is 4.98 Å². The van der Waals surface area contributed by atoms with E-state index in [0.29, 0.717) is 25.0 Å². The maximum absolute atomic E-state index is 12.9. The molecule has 32 heavy (non-hydrogen) atoms. The number of amides is 1. The molecule has 0 saturated carbocycles. The Morgan fingerprint density at radius 2 is 1.78 bits per heavy atom. The van der Waals surface area contributed by atoms with Crippen molar-refractivity contribution in [3.05, 3.63) is 57.5 Å². The van der Waals surface area contributed by atoms with Crippen molar-refractivity contribution in [3.8, 4) is 0 Å². The molecular weight excluding hydrogens is 402 g/mol. The van der Waals surface area contributed by atoms with Crippen LogP contribution in [0.4, 0.5) is 5.95 Å². The molecular formula is C25H33N5O2. The van der Waals surface area contributed by atoms with Crippen LogP contribution in [0.2, 0.25) is 0 Å². The van der Waals surface area contributed by atoms with Crippen LogP contribution in [-0.2, 0) is 24.2 Å². The van der Waals surface area contributed by atoms with E-state index >= 15 is 0 Å². The second-order valence-electron chi connectivity index (χ2n) is 9.48. The van der Waals surface area contributed by atoms with Crippen molar-refractivity contribution < 1.29 is 4.79 Å². The zero-order valence-electron chi connectivity index (χ0n) is 18.8. The number of hydrogen-bond donors (Lipinski definition) is 1. The highest BCUT2D eigenvalue weighted by atomic mass is 16.2. The van der Waals surface area contributed by atoms with Crippen LogP contribution in [-0.4, -0.2) is 64.9 Å². The Bertz CT molecular complexity index is 991. The third-order valence-corrected chi connectivity index (χ3v) is 7.23. The minimum atomic E-state index is -0.0456. The number of anilines is 1. The van der Waals surface area contributed by atoms with Gasteiger partial charge < -0.3 is 9.80 Å². The second-order valence-corrected chi connectivity index (χ2v) is 9.48. The number of piperidine rings is 1. The number of likely N-dealkylation sites (tertiary alicyclic amines) is 1. The fourth-order valence-electron chi connectivity index (χ4n) is 5.31. The number of nitrogens with zero attached hydrogens (tertiary/aromatic N) is 4. The van der Waals surface area contributed by atoms with Crippen LogP contribution in [0.15, 0.2) is 35.1 Å². The van der Waals surface area contributed by atoms with Crippen LogP contribution in [0.5, 0.6) is 0 Å². The van der Waals surface area contributed by atoms with Crippen LogP contribution in [0.25, 0.3) is 0 Å². The maximum atomic E-state index is 12.9. The average molecular weight is 436 g/mol. The van der Waals surface area contributed by atoms with Gasteiger partial charge >= 0.3 is 0 Å². The van der Waals surface area contributed by atoms with E-state index in [4.69, 9.17) is 4.98 Å². The van der Waals surface area contributed by atoms with Gasteiger partial charge in [0.25, 0.3) is 5.56 Å². The molecule has 0 bridgehead atoms. The fraction of sp³-hybridized carbons (Fsp3) is 0.560. The monoisotopic (exact) mass is 435 g/mol. The molecule has 170 valence electrons. The summed E-state index contributed by atoms with van der Waals surface area (Å²) in [5.74, 6) is 1.55. The summed E-state index contributed by atoms with van der Waals surface area (Å²) in [6.07, 6.45) is 6.26. The topological polar surface area (TPSA) is 72.5 Å². The third kappa shape index (κ3) is 4.72. The van der Waals surface area contributed by atoms with E-state index < -0.39 is 0 Å². The summed E-state index contributed by atoms with van der Waals surface area (Å²) in [6.45, 7) is 5.27. The highest BCUT2D eigenvalue weighted by molar-refractivity contribution is 5.78. The minimum Gasteiger partial charge on any atom is -0.342 e. The molecule has 1 aromatic heterocycles. The molecule has 7 nitrogen and oxygen atoms in total. The van der Waals surface area contributed by atoms with E-state index in [1.54, 1.807) is 0 Å². The van der Waals surface area contributed by atoms with Crippen LogP contribution in [0.3, 0.4) is 0 Å². The lowest BCUT2D eigenvalue weighted by Crippen LogP contribution is -2.46. The smallest absolute Gasteiger partial charge is 0.257 e. The molecule has 1 amide bonds. The SMILES string of the molecule is O=C(CN1CCc2nc(N3CCCC3)[nH]c(=O)c2C1)N1CCC(Cc2ccccc2)CC1. The second kappa shape index (κ2) is 9.45. The fourth-order valence-corrected chi connectivity index (χ4v) is 5.31. The van der Waals surface area contributed by atoms with Gasteiger partial charge in [0.05, 0.1) is 17.8 Å². The molecule has 0 atom stereocenters. The van der Waals surface area contributed by atoms with Crippen molar-refractivity contribution in [3.63, 3.8) is 0 Å². The molecule has 5 rings (SSSR count). The van der Waals surface area contributed by atoms with Crippen molar-refractivity contribution in [2.45, 2.75) is 45.1 Å². The Morgan fingerprint density at radius 1 is 1.03 bits per heavy atom. The van der Waals surface area contributed by atoms with Crippen molar-refractivity contribution in [1.82, 2.24) is 19.8 Å². The average Bonchev–Trinajstić information content (AvgIpc) is 3.36. The first-order chi connectivity index (χ1) is 15.7. The van der Waals surface area contributed by atoms with Crippen molar-refractivity contribution in [1.29, 1.82) is 0 Å². The molecule has 2 fully saturated rings. The first-order valence-electron chi connectivity index (χ1n) is 12.1. The van der Waals surface area contributed by atoms with Gasteiger partial charge in [-0.15, -0.1) is 0 Å². The first kappa shape index (κ1) is 21.2. The van der Waals surface area contributed by atoms with Gasteiger partial charge in [-0.05, 0) is 43.6 Å². The molecule has 0 spiro atoms. The lowest BCUT2D eigenvalue weighted by Gasteiger charge is -2.34. The molecule has 0 radical (unpaired) electrons. The number of fused-ring (bicyclic) bond motifs is 1. The summed E-state index contributed by atoms with van der Waals surface area (Å²) in [5.41, 5.74) is 2.97. The molecule has 4 heterocycles. The van der Waals surface area contributed by atoms with E-state index in [1.807, 2.05) is 4.90 Å². The Morgan fingerprint density at radius 3 is 2.53 bits per heavy atom. The number of nitrogens with one attached hydrogen (secondary N) is 1. The molecule has 3 aliphatic rings. The number of rotatable bonds is 5. The van der Waals surface area contributed by atoms with Gasteiger partial charge in [0.2, 0.25) is 11.9 Å². The number of H-pyrrole nitrogens is 1. The van der Waals surface area contributed by atoms with Crippen molar-refractivity contribution in [2.24, 2.45) is 5.92 Å². The molecule has 0 unspecified atom stereocenters. The van der Waals surface area contributed by atoms with Crippen molar-refractivity contribution >= 4 is 11.9 Å². The zero-order chi connectivity index (χ0) is 21.9. The Labute approximate surface area is 189 Å². The highest BCUT2D eigenvalue weighted by Crippen LogP contribution is 2.23. The predicted molar refractivity (Wildman–Crippen MR) is 125 cm³/mol. The summed E-state index contributed by atoms with van der Waals surface area (Å²) in [4.78, 5) is 39.7. The number of hydrogen-bond acceptors (Lipinski definition) is 5. The van der Waals surface area contributed by atoms with Crippen LogP contribution in [0.1, 0.15) is 42.5 Å². The quantitative estimate of drug-likeness (QED) is 0.780.